The monoisotopic (exact) mass is 188 g/mol. The first kappa shape index (κ1) is 8.91. The van der Waals surface area contributed by atoms with E-state index in [9.17, 15) is 0 Å². The van der Waals surface area contributed by atoms with Gasteiger partial charge >= 0.3 is 0 Å². The van der Waals surface area contributed by atoms with Gasteiger partial charge in [0.05, 0.1) is 6.61 Å². The minimum atomic E-state index is 0.216. The maximum Gasteiger partial charge on any atom is 0.0525 e. The summed E-state index contributed by atoms with van der Waals surface area (Å²) in [7, 11) is 0. The highest BCUT2D eigenvalue weighted by Crippen LogP contribution is 2.19. The van der Waals surface area contributed by atoms with Crippen LogP contribution in [0.25, 0.3) is 0 Å². The van der Waals surface area contributed by atoms with E-state index in [2.05, 4.69) is 0 Å². The Morgan fingerprint density at radius 1 is 1.27 bits per heavy atom. The van der Waals surface area contributed by atoms with Gasteiger partial charge in [-0.3, -0.25) is 0 Å². The molecule has 0 saturated heterocycles. The Kier molecular flexibility index (Phi) is 3.77. The molecule has 1 aromatic carbocycles. The van der Waals surface area contributed by atoms with Crippen LogP contribution in [0.4, 0.5) is 0 Å². The van der Waals surface area contributed by atoms with Crippen LogP contribution < -0.4 is 0 Å². The number of halogens is 1. The Morgan fingerprint density at radius 2 is 1.91 bits per heavy atom. The van der Waals surface area contributed by atoms with Crippen LogP contribution in [0, 0.1) is 0 Å². The van der Waals surface area contributed by atoms with Crippen LogP contribution in [0.5, 0.6) is 0 Å². The van der Waals surface area contributed by atoms with Crippen molar-refractivity contribution >= 4 is 23.4 Å². The topological polar surface area (TPSA) is 20.2 Å². The van der Waals surface area contributed by atoms with E-state index < -0.39 is 0 Å². The van der Waals surface area contributed by atoms with Gasteiger partial charge in [0.15, 0.2) is 0 Å². The lowest BCUT2D eigenvalue weighted by atomic mass is 10.4. The Hall–Kier alpha value is -0.180. The predicted octanol–water partition coefficient (Wildman–Crippen LogP) is 2.42. The van der Waals surface area contributed by atoms with Crippen molar-refractivity contribution in [2.24, 2.45) is 0 Å². The highest BCUT2D eigenvalue weighted by molar-refractivity contribution is 7.99. The molecule has 0 aliphatic rings. The third kappa shape index (κ3) is 3.14. The molecule has 0 saturated carbocycles. The molecule has 1 aromatic rings. The SMILES string of the molecule is OCCSc1ccc(Cl)cc1. The van der Waals surface area contributed by atoms with Crippen molar-refractivity contribution in [3.63, 3.8) is 0 Å². The third-order valence-electron chi connectivity index (χ3n) is 1.17. The fraction of sp³-hybridized carbons (Fsp3) is 0.250. The fourth-order valence-corrected chi connectivity index (χ4v) is 1.48. The lowest BCUT2D eigenvalue weighted by molar-refractivity contribution is 0.322. The number of aliphatic hydroxyl groups is 1. The summed E-state index contributed by atoms with van der Waals surface area (Å²) in [5, 5.41) is 9.28. The molecule has 0 atom stereocenters. The van der Waals surface area contributed by atoms with E-state index in [4.69, 9.17) is 16.7 Å². The molecule has 0 fully saturated rings. The molecule has 0 heterocycles. The van der Waals surface area contributed by atoms with Crippen LogP contribution >= 0.6 is 23.4 Å². The van der Waals surface area contributed by atoms with Gasteiger partial charge in [-0.15, -0.1) is 11.8 Å². The Morgan fingerprint density at radius 3 is 2.45 bits per heavy atom. The van der Waals surface area contributed by atoms with Crippen molar-refractivity contribution in [3.8, 4) is 0 Å². The second-order valence-electron chi connectivity index (χ2n) is 2.03. The number of benzene rings is 1. The average Bonchev–Trinajstić information content (AvgIpc) is 2.04. The van der Waals surface area contributed by atoms with Crippen LogP contribution in [0.2, 0.25) is 5.02 Å². The molecule has 1 rings (SSSR count). The second kappa shape index (κ2) is 4.65. The van der Waals surface area contributed by atoms with Crippen LogP contribution in [-0.2, 0) is 0 Å². The van der Waals surface area contributed by atoms with Crippen molar-refractivity contribution in [3.05, 3.63) is 29.3 Å². The number of rotatable bonds is 3. The van der Waals surface area contributed by atoms with Crippen LogP contribution in [0.1, 0.15) is 0 Å². The highest BCUT2D eigenvalue weighted by Gasteiger charge is 1.91. The Labute approximate surface area is 75.4 Å². The first-order valence-electron chi connectivity index (χ1n) is 3.32. The molecular weight excluding hydrogens is 180 g/mol. The second-order valence-corrected chi connectivity index (χ2v) is 3.63. The summed E-state index contributed by atoms with van der Waals surface area (Å²) in [6.07, 6.45) is 0. The summed E-state index contributed by atoms with van der Waals surface area (Å²) in [4.78, 5) is 1.14. The van der Waals surface area contributed by atoms with Crippen LogP contribution in [-0.4, -0.2) is 17.5 Å². The minimum absolute atomic E-state index is 0.216. The van der Waals surface area contributed by atoms with E-state index >= 15 is 0 Å². The average molecular weight is 189 g/mol. The Balaban J connectivity index is 2.52. The molecule has 0 radical (unpaired) electrons. The van der Waals surface area contributed by atoms with Gasteiger partial charge in [-0.1, -0.05) is 11.6 Å². The number of aliphatic hydroxyl groups excluding tert-OH is 1. The quantitative estimate of drug-likeness (QED) is 0.736. The number of thioether (sulfide) groups is 1. The van der Waals surface area contributed by atoms with Gasteiger partial charge < -0.3 is 5.11 Å². The molecule has 0 aromatic heterocycles. The molecule has 0 bridgehead atoms. The first-order chi connectivity index (χ1) is 5.33. The van der Waals surface area contributed by atoms with Gasteiger partial charge in [0.1, 0.15) is 0 Å². The summed E-state index contributed by atoms with van der Waals surface area (Å²) >= 11 is 7.31. The maximum atomic E-state index is 8.54. The van der Waals surface area contributed by atoms with Crippen molar-refractivity contribution in [2.75, 3.05) is 12.4 Å². The summed E-state index contributed by atoms with van der Waals surface area (Å²) in [6, 6.07) is 7.59. The molecule has 60 valence electrons. The molecular formula is C8H9ClOS. The van der Waals surface area contributed by atoms with Crippen molar-refractivity contribution in [1.82, 2.24) is 0 Å². The van der Waals surface area contributed by atoms with Crippen molar-refractivity contribution in [2.45, 2.75) is 4.90 Å². The molecule has 0 amide bonds. The molecule has 0 aliphatic carbocycles. The van der Waals surface area contributed by atoms with E-state index in [1.54, 1.807) is 11.8 Å². The molecule has 0 unspecified atom stereocenters. The predicted molar refractivity (Wildman–Crippen MR) is 49.3 cm³/mol. The van der Waals surface area contributed by atoms with Gasteiger partial charge in [-0.05, 0) is 24.3 Å². The van der Waals surface area contributed by atoms with E-state index in [0.29, 0.717) is 0 Å². The van der Waals surface area contributed by atoms with Gasteiger partial charge in [0, 0.05) is 15.7 Å². The molecule has 3 heteroatoms. The van der Waals surface area contributed by atoms with E-state index in [1.807, 2.05) is 24.3 Å². The van der Waals surface area contributed by atoms with Gasteiger partial charge in [-0.25, -0.2) is 0 Å². The van der Waals surface area contributed by atoms with Gasteiger partial charge in [0.25, 0.3) is 0 Å². The smallest absolute Gasteiger partial charge is 0.0525 e. The summed E-state index contributed by atoms with van der Waals surface area (Å²) < 4.78 is 0. The molecule has 1 N–H and O–H groups in total. The normalized spacial score (nSPS) is 10.0. The van der Waals surface area contributed by atoms with Crippen LogP contribution in [0.3, 0.4) is 0 Å². The van der Waals surface area contributed by atoms with Crippen molar-refractivity contribution in [1.29, 1.82) is 0 Å². The Bertz CT molecular complexity index is 210. The van der Waals surface area contributed by atoms with Crippen molar-refractivity contribution < 1.29 is 5.11 Å². The first-order valence-corrected chi connectivity index (χ1v) is 4.68. The lowest BCUT2D eigenvalue weighted by Gasteiger charge is -1.97. The third-order valence-corrected chi connectivity index (χ3v) is 2.42. The molecule has 11 heavy (non-hydrogen) atoms. The summed E-state index contributed by atoms with van der Waals surface area (Å²) in [5.41, 5.74) is 0. The minimum Gasteiger partial charge on any atom is -0.396 e. The largest absolute Gasteiger partial charge is 0.396 e. The lowest BCUT2D eigenvalue weighted by Crippen LogP contribution is -1.84. The molecule has 0 spiro atoms. The van der Waals surface area contributed by atoms with Crippen LogP contribution in [0.15, 0.2) is 29.2 Å². The van der Waals surface area contributed by atoms with E-state index in [1.165, 1.54) is 0 Å². The molecule has 0 aliphatic heterocycles. The summed E-state index contributed by atoms with van der Waals surface area (Å²) in [5.74, 6) is 0.738. The zero-order chi connectivity index (χ0) is 8.10. The zero-order valence-electron chi connectivity index (χ0n) is 5.96. The standard InChI is InChI=1S/C8H9ClOS/c9-7-1-3-8(4-2-7)11-6-5-10/h1-4,10H,5-6H2. The maximum absolute atomic E-state index is 8.54. The number of hydrogen-bond donors (Lipinski definition) is 1. The molecule has 1 nitrogen and oxygen atoms in total. The zero-order valence-corrected chi connectivity index (χ0v) is 7.53. The fourth-order valence-electron chi connectivity index (χ4n) is 0.694. The van der Waals surface area contributed by atoms with E-state index in [-0.39, 0.29) is 6.61 Å². The summed E-state index contributed by atoms with van der Waals surface area (Å²) in [6.45, 7) is 0.216. The van der Waals surface area contributed by atoms with Gasteiger partial charge in [-0.2, -0.15) is 0 Å². The highest BCUT2D eigenvalue weighted by atomic mass is 35.5. The number of hydrogen-bond acceptors (Lipinski definition) is 2. The van der Waals surface area contributed by atoms with E-state index in [0.717, 1.165) is 15.7 Å². The van der Waals surface area contributed by atoms with Gasteiger partial charge in [0.2, 0.25) is 0 Å².